The zero-order valence-corrected chi connectivity index (χ0v) is 27.3. The molecular formula is C33H68N4. The first-order valence-corrected chi connectivity index (χ1v) is 16.1. The summed E-state index contributed by atoms with van der Waals surface area (Å²) in [6.45, 7) is 33.2. The molecule has 2 bridgehead atoms. The summed E-state index contributed by atoms with van der Waals surface area (Å²) >= 11 is 0. The normalized spacial score (nSPS) is 27.6. The van der Waals surface area contributed by atoms with Crippen LogP contribution in [0.25, 0.3) is 0 Å². The molecule has 0 N–H and O–H groups in total. The van der Waals surface area contributed by atoms with E-state index in [9.17, 15) is 0 Å². The van der Waals surface area contributed by atoms with Gasteiger partial charge in [-0.3, -0.25) is 14.7 Å². The maximum Gasteiger partial charge on any atom is 0.0130 e. The van der Waals surface area contributed by atoms with Crippen molar-refractivity contribution in [3.63, 3.8) is 0 Å². The lowest BCUT2D eigenvalue weighted by Crippen LogP contribution is -2.44. The summed E-state index contributed by atoms with van der Waals surface area (Å²) in [4.78, 5) is 10.3. The fraction of sp³-hybridized carbons (Fsp3) is 1.00. The van der Waals surface area contributed by atoms with Crippen LogP contribution in [0.4, 0.5) is 0 Å². The Bertz CT molecular complexity index is 588. The molecule has 5 aliphatic heterocycles. The second-order valence-electron chi connectivity index (χ2n) is 15.6. The highest BCUT2D eigenvalue weighted by molar-refractivity contribution is 5.00. The van der Waals surface area contributed by atoms with Crippen LogP contribution in [0.3, 0.4) is 0 Å². The fourth-order valence-electron chi connectivity index (χ4n) is 6.82. The van der Waals surface area contributed by atoms with Crippen LogP contribution in [0.5, 0.6) is 0 Å². The minimum atomic E-state index is 0.403. The lowest BCUT2D eigenvalue weighted by atomic mass is 10.0. The molecule has 4 nitrogen and oxygen atoms in total. The Morgan fingerprint density at radius 3 is 0.973 bits per heavy atom. The molecule has 0 spiro atoms. The Balaban J connectivity index is 0.000000176. The Morgan fingerprint density at radius 1 is 0.459 bits per heavy atom. The maximum absolute atomic E-state index is 2.74. The number of fused-ring (bicyclic) bond motifs is 2. The molecule has 4 heteroatoms. The molecule has 5 saturated heterocycles. The molecule has 0 aliphatic carbocycles. The number of hydrogen-bond donors (Lipinski definition) is 0. The summed E-state index contributed by atoms with van der Waals surface area (Å²) in [5.41, 5.74) is 1.24. The first-order chi connectivity index (χ1) is 17.1. The van der Waals surface area contributed by atoms with Gasteiger partial charge in [-0.25, -0.2) is 0 Å². The third kappa shape index (κ3) is 11.1. The second kappa shape index (κ2) is 14.5. The quantitative estimate of drug-likeness (QED) is 0.352. The van der Waals surface area contributed by atoms with E-state index in [2.05, 4.69) is 95.8 Å². The molecule has 37 heavy (non-hydrogen) atoms. The summed E-state index contributed by atoms with van der Waals surface area (Å²) in [5, 5.41) is 0. The van der Waals surface area contributed by atoms with Crippen LogP contribution in [0.1, 0.15) is 140 Å². The van der Waals surface area contributed by atoms with Gasteiger partial charge in [-0.05, 0) is 173 Å². The minimum absolute atomic E-state index is 0.403. The highest BCUT2D eigenvalue weighted by Crippen LogP contribution is 2.41. The zero-order valence-electron chi connectivity index (χ0n) is 27.3. The molecule has 0 atom stereocenters. The summed E-state index contributed by atoms with van der Waals surface area (Å²) in [7, 11) is 0. The fourth-order valence-corrected chi connectivity index (χ4v) is 6.82. The summed E-state index contributed by atoms with van der Waals surface area (Å²) in [5.74, 6) is 0. The molecule has 5 aliphatic rings. The molecule has 0 aromatic heterocycles. The monoisotopic (exact) mass is 521 g/mol. The van der Waals surface area contributed by atoms with E-state index in [-0.39, 0.29) is 0 Å². The van der Waals surface area contributed by atoms with Gasteiger partial charge in [-0.1, -0.05) is 6.42 Å². The second-order valence-corrected chi connectivity index (χ2v) is 15.6. The van der Waals surface area contributed by atoms with Gasteiger partial charge in [0.2, 0.25) is 0 Å². The molecule has 0 saturated carbocycles. The van der Waals surface area contributed by atoms with Crippen molar-refractivity contribution in [1.82, 2.24) is 19.6 Å². The van der Waals surface area contributed by atoms with Gasteiger partial charge < -0.3 is 4.90 Å². The third-order valence-corrected chi connectivity index (χ3v) is 9.21. The van der Waals surface area contributed by atoms with E-state index >= 15 is 0 Å². The van der Waals surface area contributed by atoms with Gasteiger partial charge in [0.05, 0.1) is 0 Å². The topological polar surface area (TPSA) is 13.0 Å². The average molecular weight is 521 g/mol. The zero-order chi connectivity index (χ0) is 27.9. The van der Waals surface area contributed by atoms with Crippen molar-refractivity contribution in [1.29, 1.82) is 0 Å². The van der Waals surface area contributed by atoms with Gasteiger partial charge in [0.15, 0.2) is 0 Å². The first-order valence-electron chi connectivity index (χ1n) is 16.1. The number of hydrogen-bond acceptors (Lipinski definition) is 4. The highest BCUT2D eigenvalue weighted by atomic mass is 15.3. The average Bonchev–Trinajstić information content (AvgIpc) is 3.50. The van der Waals surface area contributed by atoms with Gasteiger partial charge in [0.25, 0.3) is 0 Å². The van der Waals surface area contributed by atoms with Crippen molar-refractivity contribution in [2.75, 3.05) is 39.3 Å². The number of rotatable bonds is 1. The Hall–Kier alpha value is -0.160. The van der Waals surface area contributed by atoms with Crippen LogP contribution < -0.4 is 0 Å². The molecule has 0 aromatic rings. The van der Waals surface area contributed by atoms with Crippen LogP contribution in [0.15, 0.2) is 0 Å². The van der Waals surface area contributed by atoms with E-state index in [1.807, 2.05) is 0 Å². The Labute approximate surface area is 233 Å². The van der Waals surface area contributed by atoms with E-state index in [1.165, 1.54) is 103 Å². The Kier molecular flexibility index (Phi) is 12.9. The van der Waals surface area contributed by atoms with E-state index in [1.54, 1.807) is 0 Å². The molecule has 0 aromatic carbocycles. The summed E-state index contributed by atoms with van der Waals surface area (Å²) in [6, 6.07) is 2.65. The number of piperidine rings is 1. The van der Waals surface area contributed by atoms with E-state index in [0.29, 0.717) is 16.6 Å². The molecule has 5 rings (SSSR count). The van der Waals surface area contributed by atoms with Crippen molar-refractivity contribution >= 4 is 0 Å². The largest absolute Gasteiger partial charge is 0.301 e. The molecule has 0 amide bonds. The van der Waals surface area contributed by atoms with Crippen molar-refractivity contribution in [3.8, 4) is 0 Å². The summed E-state index contributed by atoms with van der Waals surface area (Å²) in [6.07, 6.45) is 14.3. The maximum atomic E-state index is 2.74. The Morgan fingerprint density at radius 2 is 0.811 bits per heavy atom. The SMILES string of the molecule is CC(C)(C)N1C2CCC1CC2.CC(C)(C)N1CCCC1.CC(C)(C)N1CCCCC1.CC(C)N1CCC1. The van der Waals surface area contributed by atoms with Crippen LogP contribution in [0.2, 0.25) is 0 Å². The lowest BCUT2D eigenvalue weighted by molar-refractivity contribution is 0.111. The smallest absolute Gasteiger partial charge is 0.0130 e. The third-order valence-electron chi connectivity index (χ3n) is 9.21. The number of likely N-dealkylation sites (tertiary alicyclic amines) is 3. The standard InChI is InChI=1S/C10H19N.C9H19N.C8H17N.C6H13N/c1-10(2,3)11-8-4-5-9(11)7-6-8;1-9(2,3)10-7-5-4-6-8-10;1-8(2,3)9-6-4-5-7-9;1-6(2)7-4-3-5-7/h8-9H,4-7H2,1-3H3;4-8H2,1-3H3;4-7H2,1-3H3;6H,3-5H2,1-2H3. The van der Waals surface area contributed by atoms with Gasteiger partial charge in [0, 0.05) is 34.7 Å². The van der Waals surface area contributed by atoms with E-state index in [0.717, 1.165) is 18.1 Å². The molecule has 0 radical (unpaired) electrons. The van der Waals surface area contributed by atoms with Gasteiger partial charge in [0.1, 0.15) is 0 Å². The van der Waals surface area contributed by atoms with Crippen LogP contribution in [-0.4, -0.2) is 93.6 Å². The first kappa shape index (κ1) is 33.0. The van der Waals surface area contributed by atoms with Crippen molar-refractivity contribution < 1.29 is 0 Å². The predicted octanol–water partition coefficient (Wildman–Crippen LogP) is 7.66. The van der Waals surface area contributed by atoms with Crippen molar-refractivity contribution in [2.45, 2.75) is 175 Å². The molecule has 0 unspecified atom stereocenters. The predicted molar refractivity (Wildman–Crippen MR) is 165 cm³/mol. The molecule has 220 valence electrons. The minimum Gasteiger partial charge on any atom is -0.301 e. The lowest BCUT2D eigenvalue weighted by Gasteiger charge is -2.38. The van der Waals surface area contributed by atoms with Gasteiger partial charge >= 0.3 is 0 Å². The summed E-state index contributed by atoms with van der Waals surface area (Å²) < 4.78 is 0. The number of nitrogens with zero attached hydrogens (tertiary/aromatic N) is 4. The molecule has 5 fully saturated rings. The van der Waals surface area contributed by atoms with Gasteiger partial charge in [-0.15, -0.1) is 0 Å². The molecular weight excluding hydrogens is 452 g/mol. The van der Waals surface area contributed by atoms with Crippen molar-refractivity contribution in [2.24, 2.45) is 0 Å². The van der Waals surface area contributed by atoms with Crippen LogP contribution in [0, 0.1) is 0 Å². The molecule has 5 heterocycles. The van der Waals surface area contributed by atoms with Crippen LogP contribution >= 0.6 is 0 Å². The van der Waals surface area contributed by atoms with Crippen LogP contribution in [-0.2, 0) is 0 Å². The van der Waals surface area contributed by atoms with Crippen molar-refractivity contribution in [3.05, 3.63) is 0 Å². The van der Waals surface area contributed by atoms with Gasteiger partial charge in [-0.2, -0.15) is 0 Å². The van der Waals surface area contributed by atoms with E-state index < -0.39 is 0 Å². The van der Waals surface area contributed by atoms with E-state index in [4.69, 9.17) is 0 Å². The highest BCUT2D eigenvalue weighted by Gasteiger charge is 2.44.